The largest absolute Gasteiger partial charge is 0.445 e. The van der Waals surface area contributed by atoms with Gasteiger partial charge in [-0.15, -0.1) is 0 Å². The van der Waals surface area contributed by atoms with Gasteiger partial charge < -0.3 is 29.5 Å². The molecule has 10 nitrogen and oxygen atoms in total. The molecule has 46 heavy (non-hydrogen) atoms. The summed E-state index contributed by atoms with van der Waals surface area (Å²) in [6, 6.07) is 19.5. The zero-order valence-corrected chi connectivity index (χ0v) is 27.0. The summed E-state index contributed by atoms with van der Waals surface area (Å²) >= 11 is 0. The van der Waals surface area contributed by atoms with Gasteiger partial charge in [-0.1, -0.05) is 42.5 Å². The molecule has 0 radical (unpaired) electrons. The van der Waals surface area contributed by atoms with Crippen LogP contribution < -0.4 is 5.32 Å². The van der Waals surface area contributed by atoms with Crippen molar-refractivity contribution in [1.29, 1.82) is 0 Å². The maximum Gasteiger partial charge on any atom is 0.410 e. The summed E-state index contributed by atoms with van der Waals surface area (Å²) in [4.78, 5) is 48.6. The van der Waals surface area contributed by atoms with Crippen molar-refractivity contribution in [2.24, 2.45) is 5.41 Å². The third-order valence-electron chi connectivity index (χ3n) is 9.02. The highest BCUT2D eigenvalue weighted by Gasteiger charge is 2.46. The predicted molar refractivity (Wildman–Crippen MR) is 174 cm³/mol. The Balaban J connectivity index is 0.981. The first-order chi connectivity index (χ1) is 22.0. The average Bonchev–Trinajstić information content (AvgIpc) is 3.66. The molecule has 3 aromatic rings. The Labute approximate surface area is 270 Å². The molecular weight excluding hydrogens is 582 g/mol. The molecule has 1 unspecified atom stereocenters. The Hall–Kier alpha value is -4.60. The van der Waals surface area contributed by atoms with Crippen LogP contribution in [0.5, 0.6) is 0 Å². The summed E-state index contributed by atoms with van der Waals surface area (Å²) in [5, 5.41) is 3.35. The smallest absolute Gasteiger partial charge is 0.410 e. The van der Waals surface area contributed by atoms with Gasteiger partial charge >= 0.3 is 12.2 Å². The van der Waals surface area contributed by atoms with Gasteiger partial charge in [0.15, 0.2) is 0 Å². The fraction of sp³-hybridized carbons (Fsp3) is 0.444. The van der Waals surface area contributed by atoms with Gasteiger partial charge in [0, 0.05) is 56.6 Å². The highest BCUT2D eigenvalue weighted by atomic mass is 16.6. The van der Waals surface area contributed by atoms with E-state index in [2.05, 4.69) is 10.3 Å². The lowest BCUT2D eigenvalue weighted by atomic mass is 9.86. The van der Waals surface area contributed by atoms with Gasteiger partial charge in [-0.2, -0.15) is 0 Å². The Morgan fingerprint density at radius 1 is 0.848 bits per heavy atom. The van der Waals surface area contributed by atoms with Crippen LogP contribution in [0.25, 0.3) is 0 Å². The van der Waals surface area contributed by atoms with Crippen LogP contribution in [0.4, 0.5) is 21.1 Å². The lowest BCUT2D eigenvalue weighted by molar-refractivity contribution is -0.129. The molecule has 1 atom stereocenters. The van der Waals surface area contributed by atoms with E-state index >= 15 is 0 Å². The van der Waals surface area contributed by atoms with Gasteiger partial charge in [0.2, 0.25) is 5.91 Å². The number of carbonyl (C=O) groups excluding carboxylic acids is 3. The molecule has 0 saturated carbocycles. The minimum Gasteiger partial charge on any atom is -0.445 e. The van der Waals surface area contributed by atoms with Crippen molar-refractivity contribution in [3.8, 4) is 0 Å². The predicted octanol–water partition coefficient (Wildman–Crippen LogP) is 5.92. The van der Waals surface area contributed by atoms with Crippen LogP contribution >= 0.6 is 0 Å². The lowest BCUT2D eigenvalue weighted by Crippen LogP contribution is -2.39. The zero-order chi connectivity index (χ0) is 32.3. The number of anilines is 2. The van der Waals surface area contributed by atoms with Crippen molar-refractivity contribution in [3.05, 3.63) is 89.1 Å². The highest BCUT2D eigenvalue weighted by Crippen LogP contribution is 2.40. The maximum absolute atomic E-state index is 13.3. The second kappa shape index (κ2) is 13.0. The van der Waals surface area contributed by atoms with E-state index in [1.165, 1.54) is 0 Å². The van der Waals surface area contributed by atoms with Crippen LogP contribution in [0.15, 0.2) is 66.9 Å². The molecule has 4 heterocycles. The molecule has 1 spiro atoms. The number of amides is 3. The number of benzene rings is 2. The molecule has 6 rings (SSSR count). The molecular formula is C36H43N5O5. The molecule has 2 fully saturated rings. The SMILES string of the molecule is CC(C)(C)OC(=O)N1CCc2cnc(Nc3ccc(CC(=O)N4CCC5(CCN(C(=O)OCc6ccccc6)C5)C4)cc3)cc2C1. The van der Waals surface area contributed by atoms with Crippen LogP contribution in [0, 0.1) is 5.41 Å². The Bertz CT molecular complexity index is 1570. The molecule has 0 aliphatic carbocycles. The second-order valence-electron chi connectivity index (χ2n) is 13.8. The van der Waals surface area contributed by atoms with Crippen LogP contribution in [-0.4, -0.2) is 76.1 Å². The number of nitrogens with one attached hydrogen (secondary N) is 1. The number of fused-ring (bicyclic) bond motifs is 1. The van der Waals surface area contributed by atoms with E-state index in [1.807, 2.05) is 92.5 Å². The summed E-state index contributed by atoms with van der Waals surface area (Å²) in [5.41, 5.74) is 4.38. The quantitative estimate of drug-likeness (QED) is 0.363. The molecule has 1 N–H and O–H groups in total. The summed E-state index contributed by atoms with van der Waals surface area (Å²) < 4.78 is 11.1. The number of likely N-dealkylation sites (tertiary alicyclic amines) is 2. The third kappa shape index (κ3) is 7.61. The van der Waals surface area contributed by atoms with Gasteiger partial charge in [0.05, 0.1) is 6.42 Å². The maximum atomic E-state index is 13.3. The normalized spacial score (nSPS) is 19.2. The Kier molecular flexibility index (Phi) is 8.88. The molecule has 3 aliphatic heterocycles. The van der Waals surface area contributed by atoms with Gasteiger partial charge in [0.1, 0.15) is 18.0 Å². The fourth-order valence-corrected chi connectivity index (χ4v) is 6.51. The zero-order valence-electron chi connectivity index (χ0n) is 27.0. The summed E-state index contributed by atoms with van der Waals surface area (Å²) in [6.45, 7) is 9.63. The third-order valence-corrected chi connectivity index (χ3v) is 9.02. The monoisotopic (exact) mass is 625 g/mol. The van der Waals surface area contributed by atoms with Crippen molar-refractivity contribution >= 4 is 29.6 Å². The number of pyridine rings is 1. The molecule has 10 heteroatoms. The molecule has 1 aromatic heterocycles. The van der Waals surface area contributed by atoms with Gasteiger partial charge in [-0.3, -0.25) is 4.79 Å². The fourth-order valence-electron chi connectivity index (χ4n) is 6.51. The Morgan fingerprint density at radius 2 is 1.57 bits per heavy atom. The number of ether oxygens (including phenoxy) is 2. The highest BCUT2D eigenvalue weighted by molar-refractivity contribution is 5.79. The minimum absolute atomic E-state index is 0.0545. The molecule has 3 amide bonds. The number of hydrogen-bond donors (Lipinski definition) is 1. The number of hydrogen-bond acceptors (Lipinski definition) is 7. The van der Waals surface area contributed by atoms with Crippen LogP contribution in [0.3, 0.4) is 0 Å². The number of aromatic nitrogens is 1. The van der Waals surface area contributed by atoms with E-state index in [1.54, 1.807) is 9.80 Å². The van der Waals surface area contributed by atoms with E-state index in [-0.39, 0.29) is 30.1 Å². The van der Waals surface area contributed by atoms with Crippen LogP contribution in [0.1, 0.15) is 55.9 Å². The summed E-state index contributed by atoms with van der Waals surface area (Å²) in [5.74, 6) is 0.805. The van der Waals surface area contributed by atoms with Gasteiger partial charge in [-0.05, 0) is 80.5 Å². The van der Waals surface area contributed by atoms with Crippen LogP contribution in [0.2, 0.25) is 0 Å². The first-order valence-corrected chi connectivity index (χ1v) is 16.1. The van der Waals surface area contributed by atoms with Gasteiger partial charge in [0.25, 0.3) is 0 Å². The first-order valence-electron chi connectivity index (χ1n) is 16.1. The minimum atomic E-state index is -0.534. The van der Waals surface area contributed by atoms with E-state index in [0.717, 1.165) is 47.2 Å². The Morgan fingerprint density at radius 3 is 2.30 bits per heavy atom. The number of rotatable bonds is 6. The molecule has 3 aliphatic rings. The number of carbonyl (C=O) groups is 3. The van der Waals surface area contributed by atoms with E-state index in [9.17, 15) is 14.4 Å². The van der Waals surface area contributed by atoms with Crippen molar-refractivity contribution in [2.75, 3.05) is 38.0 Å². The van der Waals surface area contributed by atoms with Crippen molar-refractivity contribution < 1.29 is 23.9 Å². The molecule has 242 valence electrons. The number of nitrogens with zero attached hydrogens (tertiary/aromatic N) is 4. The van der Waals surface area contributed by atoms with Crippen molar-refractivity contribution in [2.45, 2.75) is 65.2 Å². The molecule has 2 aromatic carbocycles. The van der Waals surface area contributed by atoms with Crippen LogP contribution in [-0.2, 0) is 40.3 Å². The average molecular weight is 626 g/mol. The van der Waals surface area contributed by atoms with E-state index in [0.29, 0.717) is 51.5 Å². The summed E-state index contributed by atoms with van der Waals surface area (Å²) in [7, 11) is 0. The van der Waals surface area contributed by atoms with Crippen molar-refractivity contribution in [3.63, 3.8) is 0 Å². The summed E-state index contributed by atoms with van der Waals surface area (Å²) in [6.07, 6.45) is 4.13. The first kappa shape index (κ1) is 31.4. The molecule has 2 saturated heterocycles. The van der Waals surface area contributed by atoms with Crippen molar-refractivity contribution in [1.82, 2.24) is 19.7 Å². The van der Waals surface area contributed by atoms with E-state index < -0.39 is 5.60 Å². The molecule has 0 bridgehead atoms. The second-order valence-corrected chi connectivity index (χ2v) is 13.8. The van der Waals surface area contributed by atoms with Gasteiger partial charge in [-0.25, -0.2) is 14.6 Å². The topological polar surface area (TPSA) is 104 Å². The standard InChI is InChI=1S/C36H43N5O5/c1-35(2,3)46-34(44)39-16-13-28-21-37-31(20-29(28)22-39)38-30-11-9-26(10-12-30)19-32(42)40-17-14-36(24-40)15-18-41(25-36)33(43)45-23-27-7-5-4-6-8-27/h4-12,20-21H,13-19,22-25H2,1-3H3,(H,37,38). The lowest BCUT2D eigenvalue weighted by Gasteiger charge is -2.31. The van der Waals surface area contributed by atoms with E-state index in [4.69, 9.17) is 9.47 Å².